The normalized spacial score (nSPS) is 46.1. The predicted molar refractivity (Wildman–Crippen MR) is 126 cm³/mol. The number of carbonyl (C=O) groups is 1. The second-order valence-corrected chi connectivity index (χ2v) is 13.8. The Hall–Kier alpha value is -0.700. The van der Waals surface area contributed by atoms with Crippen molar-refractivity contribution in [2.45, 2.75) is 90.8 Å². The summed E-state index contributed by atoms with van der Waals surface area (Å²) in [6.45, 7) is 6.67. The molecule has 0 spiro atoms. The van der Waals surface area contributed by atoms with Gasteiger partial charge in [0.2, 0.25) is 5.91 Å². The number of carbonyl (C=O) groups excluding carboxylic acids is 1. The van der Waals surface area contributed by atoms with E-state index in [0.717, 1.165) is 38.5 Å². The van der Waals surface area contributed by atoms with Crippen LogP contribution in [-0.2, 0) is 14.9 Å². The number of nitrogens with one attached hydrogen (secondary N) is 1. The molecule has 3 unspecified atom stereocenters. The van der Waals surface area contributed by atoms with E-state index >= 15 is 0 Å². The van der Waals surface area contributed by atoms with E-state index in [1.54, 1.807) is 0 Å². The minimum atomic E-state index is -4.09. The van der Waals surface area contributed by atoms with Gasteiger partial charge in [0.25, 0.3) is 10.1 Å². The molecule has 0 saturated heterocycles. The van der Waals surface area contributed by atoms with Crippen LogP contribution in [0.1, 0.15) is 78.6 Å². The van der Waals surface area contributed by atoms with Gasteiger partial charge in [-0.25, -0.2) is 0 Å². The fraction of sp³-hybridized carbons (Fsp3) is 0.960. The van der Waals surface area contributed by atoms with Crippen molar-refractivity contribution in [3.63, 3.8) is 0 Å². The topological polar surface area (TPSA) is 124 Å². The van der Waals surface area contributed by atoms with Crippen molar-refractivity contribution < 1.29 is 28.0 Å². The summed E-state index contributed by atoms with van der Waals surface area (Å²) >= 11 is 0. The maximum atomic E-state index is 12.4. The molecule has 0 heterocycles. The Balaban J connectivity index is 1.45. The van der Waals surface area contributed by atoms with E-state index in [9.17, 15) is 23.4 Å². The zero-order valence-corrected chi connectivity index (χ0v) is 21.2. The van der Waals surface area contributed by atoms with Crippen LogP contribution in [0.2, 0.25) is 0 Å². The largest absolute Gasteiger partial charge is 0.393 e. The SMILES string of the molecule is C[C@H](CC(=O)NCCS(=O)(=O)O)[C@H]1CCC2C3CC[C@@H]4C[C@H](O)CC[C@]4(C)C3C[C@H](O)[C@@]21C. The summed E-state index contributed by atoms with van der Waals surface area (Å²) in [5.41, 5.74) is 0.00770. The van der Waals surface area contributed by atoms with E-state index in [2.05, 4.69) is 26.1 Å². The molecule has 4 fully saturated rings. The molecule has 4 rings (SSSR count). The lowest BCUT2D eigenvalue weighted by molar-refractivity contribution is -0.175. The van der Waals surface area contributed by atoms with Gasteiger partial charge in [-0.3, -0.25) is 9.35 Å². The van der Waals surface area contributed by atoms with Gasteiger partial charge in [0.05, 0.1) is 18.0 Å². The lowest BCUT2D eigenvalue weighted by atomic mass is 9.43. The fourth-order valence-corrected chi connectivity index (χ4v) is 9.35. The molecule has 0 radical (unpaired) electrons. The van der Waals surface area contributed by atoms with Crippen molar-refractivity contribution >= 4 is 16.0 Å². The molecule has 190 valence electrons. The third-order valence-corrected chi connectivity index (χ3v) is 11.4. The molecule has 0 aromatic heterocycles. The molecule has 7 nitrogen and oxygen atoms in total. The highest BCUT2D eigenvalue weighted by atomic mass is 32.2. The molecule has 33 heavy (non-hydrogen) atoms. The van der Waals surface area contributed by atoms with E-state index in [0.29, 0.717) is 30.1 Å². The number of rotatable bonds is 6. The van der Waals surface area contributed by atoms with Gasteiger partial charge >= 0.3 is 0 Å². The van der Waals surface area contributed by atoms with E-state index in [-0.39, 0.29) is 47.3 Å². The predicted octanol–water partition coefficient (Wildman–Crippen LogP) is 3.01. The first-order valence-corrected chi connectivity index (χ1v) is 14.5. The monoisotopic (exact) mass is 485 g/mol. The van der Waals surface area contributed by atoms with Crippen LogP contribution >= 0.6 is 0 Å². The molecule has 4 aliphatic rings. The van der Waals surface area contributed by atoms with E-state index in [1.807, 2.05) is 0 Å². The summed E-state index contributed by atoms with van der Waals surface area (Å²) in [6, 6.07) is 0. The molecule has 4 N–H and O–H groups in total. The van der Waals surface area contributed by atoms with Crippen LogP contribution in [0.5, 0.6) is 0 Å². The van der Waals surface area contributed by atoms with Crippen molar-refractivity contribution in [3.8, 4) is 0 Å². The minimum Gasteiger partial charge on any atom is -0.393 e. The van der Waals surface area contributed by atoms with Crippen LogP contribution in [0.15, 0.2) is 0 Å². The van der Waals surface area contributed by atoms with E-state index in [1.165, 1.54) is 12.8 Å². The molecule has 0 aromatic carbocycles. The number of aliphatic hydroxyl groups excluding tert-OH is 2. The molecule has 4 saturated carbocycles. The maximum absolute atomic E-state index is 12.4. The van der Waals surface area contributed by atoms with Crippen LogP contribution < -0.4 is 5.32 Å². The summed E-state index contributed by atoms with van der Waals surface area (Å²) in [5.74, 6) is 1.81. The minimum absolute atomic E-state index is 0.0875. The molecule has 4 aliphatic carbocycles. The van der Waals surface area contributed by atoms with Crippen LogP contribution in [0, 0.1) is 46.3 Å². The number of aliphatic hydroxyl groups is 2. The first-order valence-electron chi connectivity index (χ1n) is 12.9. The number of hydrogen-bond acceptors (Lipinski definition) is 5. The highest BCUT2D eigenvalue weighted by molar-refractivity contribution is 7.85. The zero-order chi connectivity index (χ0) is 24.2. The van der Waals surface area contributed by atoms with Gasteiger partial charge in [-0.2, -0.15) is 8.42 Å². The molecule has 0 bridgehead atoms. The maximum Gasteiger partial charge on any atom is 0.266 e. The number of fused-ring (bicyclic) bond motifs is 5. The first kappa shape index (κ1) is 25.4. The molecular weight excluding hydrogens is 442 g/mol. The van der Waals surface area contributed by atoms with Gasteiger partial charge in [-0.1, -0.05) is 20.8 Å². The molecular formula is C25H43NO6S. The zero-order valence-electron chi connectivity index (χ0n) is 20.4. The van der Waals surface area contributed by atoms with Gasteiger partial charge in [-0.05, 0) is 97.7 Å². The summed E-state index contributed by atoms with van der Waals surface area (Å²) in [4.78, 5) is 12.4. The highest BCUT2D eigenvalue weighted by Crippen LogP contribution is 2.68. The van der Waals surface area contributed by atoms with Crippen molar-refractivity contribution in [1.29, 1.82) is 0 Å². The lowest BCUT2D eigenvalue weighted by Gasteiger charge is -2.62. The van der Waals surface area contributed by atoms with Gasteiger partial charge in [0.1, 0.15) is 0 Å². The third kappa shape index (κ3) is 4.62. The van der Waals surface area contributed by atoms with E-state index in [4.69, 9.17) is 4.55 Å². The molecule has 8 heteroatoms. The Kier molecular flexibility index (Phi) is 6.98. The van der Waals surface area contributed by atoms with Gasteiger partial charge in [-0.15, -0.1) is 0 Å². The molecule has 1 amide bonds. The standard InChI is InChI=1S/C25H43NO6S/c1-15(12-23(29)26-10-11-33(30,31)32)19-6-7-20-18-5-4-16-13-17(27)8-9-24(16,2)21(18)14-22(28)25(19,20)3/h15-22,27-28H,4-14H2,1-3H3,(H,26,29)(H,30,31,32)/t15-,16-,17-,18?,19-,20?,21?,22+,24+,25-/m1/s1. The Morgan fingerprint density at radius 1 is 1.06 bits per heavy atom. The summed E-state index contributed by atoms with van der Waals surface area (Å²) in [7, 11) is -4.09. The van der Waals surface area contributed by atoms with Crippen LogP contribution in [-0.4, -0.2) is 53.6 Å². The number of hydrogen-bond donors (Lipinski definition) is 4. The van der Waals surface area contributed by atoms with E-state index < -0.39 is 15.9 Å². The number of amides is 1. The summed E-state index contributed by atoms with van der Waals surface area (Å²) in [6.07, 6.45) is 7.88. The lowest BCUT2D eigenvalue weighted by Crippen LogP contribution is -2.58. The quantitative estimate of drug-likeness (QED) is 0.429. The highest BCUT2D eigenvalue weighted by Gasteiger charge is 2.63. The molecule has 0 aliphatic heterocycles. The Bertz CT molecular complexity index is 848. The average molecular weight is 486 g/mol. The van der Waals surface area contributed by atoms with Gasteiger partial charge < -0.3 is 15.5 Å². The van der Waals surface area contributed by atoms with Crippen molar-refractivity contribution in [2.24, 2.45) is 46.3 Å². The van der Waals surface area contributed by atoms with Gasteiger partial charge in [0.15, 0.2) is 0 Å². The van der Waals surface area contributed by atoms with Crippen LogP contribution in [0.4, 0.5) is 0 Å². The van der Waals surface area contributed by atoms with Gasteiger partial charge in [0, 0.05) is 13.0 Å². The smallest absolute Gasteiger partial charge is 0.266 e. The van der Waals surface area contributed by atoms with Crippen LogP contribution in [0.25, 0.3) is 0 Å². The van der Waals surface area contributed by atoms with Crippen LogP contribution in [0.3, 0.4) is 0 Å². The fourth-order valence-electron chi connectivity index (χ4n) is 8.99. The molecule has 0 aromatic rings. The molecule has 10 atom stereocenters. The first-order chi connectivity index (χ1) is 15.4. The Morgan fingerprint density at radius 2 is 1.79 bits per heavy atom. The summed E-state index contributed by atoms with van der Waals surface area (Å²) in [5, 5.41) is 24.4. The Labute approximate surface area is 198 Å². The van der Waals surface area contributed by atoms with Crippen molar-refractivity contribution in [1.82, 2.24) is 5.32 Å². The average Bonchev–Trinajstić information content (AvgIpc) is 3.07. The third-order valence-electron chi connectivity index (χ3n) is 10.7. The second-order valence-electron chi connectivity index (χ2n) is 12.2. The van der Waals surface area contributed by atoms with Crippen molar-refractivity contribution in [3.05, 3.63) is 0 Å². The van der Waals surface area contributed by atoms with Crippen molar-refractivity contribution in [2.75, 3.05) is 12.3 Å². The second kappa shape index (κ2) is 9.07. The Morgan fingerprint density at radius 3 is 2.48 bits per heavy atom. The summed E-state index contributed by atoms with van der Waals surface area (Å²) < 4.78 is 30.6.